The van der Waals surface area contributed by atoms with Gasteiger partial charge in [0.2, 0.25) is 0 Å². The fourth-order valence-electron chi connectivity index (χ4n) is 7.37. The summed E-state index contributed by atoms with van der Waals surface area (Å²) in [5, 5.41) is 4.35. The molecule has 248 valence electrons. The molecule has 2 heterocycles. The Labute approximate surface area is 307 Å². The SMILES string of the molecule is c1ccc(-c2ccc(-c3cc(-c4ccccc4)nc(-c4cc(-c5ccc(-c6ccccc6)cc5)c5oc6c7ccccc7ccc6c5c4)n3)cc2)cc1. The molecule has 0 saturated carbocycles. The van der Waals surface area contributed by atoms with Crippen LogP contribution in [0.25, 0.3) is 100.0 Å². The van der Waals surface area contributed by atoms with E-state index in [0.717, 1.165) is 71.9 Å². The van der Waals surface area contributed by atoms with E-state index in [0.29, 0.717) is 5.82 Å². The van der Waals surface area contributed by atoms with E-state index in [2.05, 4.69) is 176 Å². The number of aromatic nitrogens is 2. The number of fused-ring (bicyclic) bond motifs is 5. The second kappa shape index (κ2) is 12.9. The molecule has 0 aliphatic rings. The van der Waals surface area contributed by atoms with Crippen molar-refractivity contribution in [3.05, 3.63) is 194 Å². The molecule has 10 aromatic rings. The first-order valence-corrected chi connectivity index (χ1v) is 17.9. The van der Waals surface area contributed by atoms with Crippen molar-refractivity contribution in [2.75, 3.05) is 0 Å². The molecule has 0 N–H and O–H groups in total. The predicted octanol–water partition coefficient (Wildman–Crippen LogP) is 13.5. The van der Waals surface area contributed by atoms with Crippen LogP contribution >= 0.6 is 0 Å². The molecule has 0 amide bonds. The van der Waals surface area contributed by atoms with Crippen LogP contribution in [-0.4, -0.2) is 9.97 Å². The maximum Gasteiger partial charge on any atom is 0.160 e. The fraction of sp³-hybridized carbons (Fsp3) is 0. The number of nitrogens with zero attached hydrogens (tertiary/aromatic N) is 2. The topological polar surface area (TPSA) is 38.9 Å². The Balaban J connectivity index is 1.18. The highest BCUT2D eigenvalue weighted by Crippen LogP contribution is 2.42. The van der Waals surface area contributed by atoms with Gasteiger partial charge in [0, 0.05) is 38.4 Å². The molecule has 0 saturated heterocycles. The Kier molecular flexibility index (Phi) is 7.47. The molecule has 8 aromatic carbocycles. The summed E-state index contributed by atoms with van der Waals surface area (Å²) in [5.74, 6) is 0.660. The summed E-state index contributed by atoms with van der Waals surface area (Å²) in [5.41, 5.74) is 13.2. The monoisotopic (exact) mass is 676 g/mol. The van der Waals surface area contributed by atoms with Crippen molar-refractivity contribution in [3.8, 4) is 67.3 Å². The number of rotatable bonds is 6. The molecule has 0 atom stereocenters. The quantitative estimate of drug-likeness (QED) is 0.176. The first kappa shape index (κ1) is 30.7. The van der Waals surface area contributed by atoms with Gasteiger partial charge in [-0.15, -0.1) is 0 Å². The van der Waals surface area contributed by atoms with Crippen LogP contribution in [-0.2, 0) is 0 Å². The van der Waals surface area contributed by atoms with Gasteiger partial charge in [0.15, 0.2) is 5.82 Å². The molecule has 3 nitrogen and oxygen atoms in total. The molecule has 0 unspecified atom stereocenters. The third-order valence-electron chi connectivity index (χ3n) is 10.1. The lowest BCUT2D eigenvalue weighted by Gasteiger charge is -2.12. The molecule has 0 radical (unpaired) electrons. The standard InChI is InChI=1S/C50H32N2O/c1-4-12-33(13-5-1)35-20-24-38(25-21-35)44-30-41(31-45-43-29-28-37-16-10-11-19-42(37)48(43)53-49(44)45)50-51-46(39-17-8-3-9-18-39)32-47(52-50)40-26-22-36(23-27-40)34-14-6-2-7-15-34/h1-32H. The predicted molar refractivity (Wildman–Crippen MR) is 219 cm³/mol. The Bertz CT molecular complexity index is 2900. The van der Waals surface area contributed by atoms with Gasteiger partial charge >= 0.3 is 0 Å². The van der Waals surface area contributed by atoms with E-state index in [1.54, 1.807) is 0 Å². The van der Waals surface area contributed by atoms with Gasteiger partial charge in [-0.05, 0) is 57.5 Å². The van der Waals surface area contributed by atoms with Crippen LogP contribution in [0.15, 0.2) is 199 Å². The van der Waals surface area contributed by atoms with Crippen LogP contribution in [0.4, 0.5) is 0 Å². The Hall–Kier alpha value is -7.10. The van der Waals surface area contributed by atoms with Gasteiger partial charge in [0.05, 0.1) is 11.4 Å². The Morgan fingerprint density at radius 2 is 0.792 bits per heavy atom. The Morgan fingerprint density at radius 1 is 0.302 bits per heavy atom. The molecule has 0 aliphatic heterocycles. The van der Waals surface area contributed by atoms with E-state index in [1.807, 2.05) is 18.2 Å². The van der Waals surface area contributed by atoms with Gasteiger partial charge in [0.1, 0.15) is 11.2 Å². The average Bonchev–Trinajstić information content (AvgIpc) is 3.64. The van der Waals surface area contributed by atoms with Crippen LogP contribution in [0.2, 0.25) is 0 Å². The minimum absolute atomic E-state index is 0.660. The van der Waals surface area contributed by atoms with Crippen LogP contribution in [0.3, 0.4) is 0 Å². The molecular formula is C50H32N2O. The molecule has 3 heteroatoms. The summed E-state index contributed by atoms with van der Waals surface area (Å²) in [7, 11) is 0. The zero-order valence-corrected chi connectivity index (χ0v) is 28.8. The van der Waals surface area contributed by atoms with Gasteiger partial charge in [0.25, 0.3) is 0 Å². The minimum atomic E-state index is 0.660. The Morgan fingerprint density at radius 3 is 1.42 bits per heavy atom. The lowest BCUT2D eigenvalue weighted by Crippen LogP contribution is -1.96. The number of furan rings is 1. The summed E-state index contributed by atoms with van der Waals surface area (Å²) < 4.78 is 6.85. The second-order valence-electron chi connectivity index (χ2n) is 13.4. The van der Waals surface area contributed by atoms with Gasteiger partial charge in [-0.2, -0.15) is 0 Å². The normalized spacial score (nSPS) is 11.4. The van der Waals surface area contributed by atoms with Crippen molar-refractivity contribution in [1.82, 2.24) is 9.97 Å². The minimum Gasteiger partial charge on any atom is -0.455 e. The van der Waals surface area contributed by atoms with E-state index in [4.69, 9.17) is 14.4 Å². The average molecular weight is 677 g/mol. The van der Waals surface area contributed by atoms with Crippen LogP contribution in [0, 0.1) is 0 Å². The summed E-state index contributed by atoms with van der Waals surface area (Å²) >= 11 is 0. The molecule has 53 heavy (non-hydrogen) atoms. The van der Waals surface area contributed by atoms with Crippen molar-refractivity contribution >= 4 is 32.7 Å². The summed E-state index contributed by atoms with van der Waals surface area (Å²) in [6, 6.07) is 67.9. The highest BCUT2D eigenvalue weighted by molar-refractivity contribution is 6.18. The second-order valence-corrected chi connectivity index (χ2v) is 13.4. The number of hydrogen-bond acceptors (Lipinski definition) is 3. The third kappa shape index (κ3) is 5.65. The molecule has 0 spiro atoms. The number of hydrogen-bond donors (Lipinski definition) is 0. The third-order valence-corrected chi connectivity index (χ3v) is 10.1. The van der Waals surface area contributed by atoms with Crippen LogP contribution in [0.5, 0.6) is 0 Å². The zero-order valence-electron chi connectivity index (χ0n) is 28.8. The van der Waals surface area contributed by atoms with E-state index < -0.39 is 0 Å². The maximum atomic E-state index is 6.85. The van der Waals surface area contributed by atoms with E-state index in [-0.39, 0.29) is 0 Å². The van der Waals surface area contributed by atoms with Crippen molar-refractivity contribution in [1.29, 1.82) is 0 Å². The number of benzene rings is 8. The molecule has 0 bridgehead atoms. The molecule has 10 rings (SSSR count). The van der Waals surface area contributed by atoms with Crippen molar-refractivity contribution in [3.63, 3.8) is 0 Å². The molecule has 2 aromatic heterocycles. The van der Waals surface area contributed by atoms with Gasteiger partial charge in [-0.3, -0.25) is 0 Å². The van der Waals surface area contributed by atoms with Gasteiger partial charge in [-0.25, -0.2) is 9.97 Å². The lowest BCUT2D eigenvalue weighted by atomic mass is 9.96. The van der Waals surface area contributed by atoms with Crippen LogP contribution < -0.4 is 0 Å². The van der Waals surface area contributed by atoms with Crippen molar-refractivity contribution in [2.45, 2.75) is 0 Å². The molecule has 0 fully saturated rings. The van der Waals surface area contributed by atoms with E-state index in [1.165, 1.54) is 22.3 Å². The molecular weight excluding hydrogens is 645 g/mol. The summed E-state index contributed by atoms with van der Waals surface area (Å²) in [4.78, 5) is 10.5. The first-order valence-electron chi connectivity index (χ1n) is 17.9. The smallest absolute Gasteiger partial charge is 0.160 e. The molecule has 0 aliphatic carbocycles. The zero-order chi connectivity index (χ0) is 35.1. The van der Waals surface area contributed by atoms with Crippen molar-refractivity contribution < 1.29 is 4.42 Å². The highest BCUT2D eigenvalue weighted by atomic mass is 16.3. The fourth-order valence-corrected chi connectivity index (χ4v) is 7.37. The van der Waals surface area contributed by atoms with Crippen LogP contribution in [0.1, 0.15) is 0 Å². The van der Waals surface area contributed by atoms with E-state index >= 15 is 0 Å². The largest absolute Gasteiger partial charge is 0.455 e. The van der Waals surface area contributed by atoms with E-state index in [9.17, 15) is 0 Å². The highest BCUT2D eigenvalue weighted by Gasteiger charge is 2.19. The maximum absolute atomic E-state index is 6.85. The first-order chi connectivity index (χ1) is 26.2. The van der Waals surface area contributed by atoms with Gasteiger partial charge < -0.3 is 4.42 Å². The summed E-state index contributed by atoms with van der Waals surface area (Å²) in [6.45, 7) is 0. The van der Waals surface area contributed by atoms with Crippen molar-refractivity contribution in [2.24, 2.45) is 0 Å². The summed E-state index contributed by atoms with van der Waals surface area (Å²) in [6.07, 6.45) is 0. The lowest BCUT2D eigenvalue weighted by molar-refractivity contribution is 0.674. The van der Waals surface area contributed by atoms with Gasteiger partial charge in [-0.1, -0.05) is 170 Å².